The summed E-state index contributed by atoms with van der Waals surface area (Å²) in [7, 11) is 2.92. The van der Waals surface area contributed by atoms with Crippen LogP contribution < -0.4 is 14.2 Å². The number of fused-ring (bicyclic) bond motifs is 1. The van der Waals surface area contributed by atoms with Crippen molar-refractivity contribution in [3.05, 3.63) is 53.6 Å². The Labute approximate surface area is 212 Å². The molecule has 0 radical (unpaired) electrons. The lowest BCUT2D eigenvalue weighted by Gasteiger charge is -2.47. The lowest BCUT2D eigenvalue weighted by atomic mass is 9.81. The fourth-order valence-corrected chi connectivity index (χ4v) is 4.91. The van der Waals surface area contributed by atoms with Crippen molar-refractivity contribution >= 4 is 11.9 Å². The molecule has 2 aliphatic rings. The summed E-state index contributed by atoms with van der Waals surface area (Å²) in [5.41, 5.74) is 1.01. The Hall–Kier alpha value is -3.26. The number of hydrogen-bond donors (Lipinski definition) is 0. The first-order valence-corrected chi connectivity index (χ1v) is 12.4. The van der Waals surface area contributed by atoms with Crippen LogP contribution in [0.4, 0.5) is 0 Å². The summed E-state index contributed by atoms with van der Waals surface area (Å²) in [5, 5.41) is 0. The Kier molecular flexibility index (Phi) is 7.73. The number of methoxy groups -OCH3 is 2. The normalized spacial score (nSPS) is 19.3. The number of nitrogens with zero attached hydrogens (tertiary/aromatic N) is 1. The van der Waals surface area contributed by atoms with E-state index in [4.69, 9.17) is 23.7 Å². The molecule has 0 N–H and O–H groups in total. The standard InChI is InChI=1S/C28H35NO7/c1-18(2)34-23-11-10-20(16-24(23)32-4)26(30)29-14-12-28(13-15-29)17-25(35-19(3)27(31)33-5)21-8-6-7-9-22(21)36-28/h6-11,16,18-19,25H,12-15,17H2,1-5H3/t19-,25?/m0/s1. The fraction of sp³-hybridized carbons (Fsp3) is 0.500. The van der Waals surface area contributed by atoms with Crippen LogP contribution in [0.25, 0.3) is 0 Å². The van der Waals surface area contributed by atoms with E-state index in [1.165, 1.54) is 7.11 Å². The van der Waals surface area contributed by atoms with Gasteiger partial charge in [-0.1, -0.05) is 18.2 Å². The Morgan fingerprint density at radius 1 is 1.03 bits per heavy atom. The average molecular weight is 498 g/mol. The smallest absolute Gasteiger partial charge is 0.334 e. The summed E-state index contributed by atoms with van der Waals surface area (Å²) in [6.45, 7) is 6.68. The number of likely N-dealkylation sites (tertiary alicyclic amines) is 1. The number of carbonyl (C=O) groups excluding carboxylic acids is 2. The predicted octanol–water partition coefficient (Wildman–Crippen LogP) is 4.56. The van der Waals surface area contributed by atoms with Crippen LogP contribution in [0, 0.1) is 0 Å². The first kappa shape index (κ1) is 25.8. The number of carbonyl (C=O) groups is 2. The highest BCUT2D eigenvalue weighted by Crippen LogP contribution is 2.46. The Morgan fingerprint density at radius 3 is 2.42 bits per heavy atom. The van der Waals surface area contributed by atoms with Crippen molar-refractivity contribution in [3.63, 3.8) is 0 Å². The number of hydrogen-bond acceptors (Lipinski definition) is 7. The van der Waals surface area contributed by atoms with E-state index < -0.39 is 17.7 Å². The van der Waals surface area contributed by atoms with Gasteiger partial charge < -0.3 is 28.6 Å². The first-order chi connectivity index (χ1) is 17.2. The van der Waals surface area contributed by atoms with Gasteiger partial charge in [0.25, 0.3) is 5.91 Å². The largest absolute Gasteiger partial charge is 0.493 e. The van der Waals surface area contributed by atoms with E-state index in [-0.39, 0.29) is 18.1 Å². The second-order valence-corrected chi connectivity index (χ2v) is 9.64. The molecule has 1 fully saturated rings. The third-order valence-corrected chi connectivity index (χ3v) is 6.79. The molecule has 194 valence electrons. The number of esters is 1. The first-order valence-electron chi connectivity index (χ1n) is 12.4. The van der Waals surface area contributed by atoms with E-state index in [9.17, 15) is 9.59 Å². The molecule has 2 heterocycles. The summed E-state index contributed by atoms with van der Waals surface area (Å²) < 4.78 is 28.7. The van der Waals surface area contributed by atoms with Gasteiger partial charge in [0.05, 0.1) is 26.4 Å². The SMILES string of the molecule is COC(=O)[C@H](C)OC1CC2(CCN(C(=O)c3ccc(OC(C)C)c(OC)c3)CC2)Oc2ccccc21. The van der Waals surface area contributed by atoms with E-state index in [0.717, 1.165) is 11.3 Å². The van der Waals surface area contributed by atoms with E-state index in [0.29, 0.717) is 49.4 Å². The molecule has 2 aromatic rings. The summed E-state index contributed by atoms with van der Waals surface area (Å²) in [6.07, 6.45) is 0.924. The third kappa shape index (κ3) is 5.43. The van der Waals surface area contributed by atoms with Crippen molar-refractivity contribution in [2.75, 3.05) is 27.3 Å². The Balaban J connectivity index is 1.47. The zero-order chi connectivity index (χ0) is 25.9. The van der Waals surface area contributed by atoms with Crippen molar-refractivity contribution < 1.29 is 33.3 Å². The molecule has 0 bridgehead atoms. The van der Waals surface area contributed by atoms with Gasteiger partial charge in [-0.2, -0.15) is 0 Å². The van der Waals surface area contributed by atoms with Gasteiger partial charge in [-0.15, -0.1) is 0 Å². The highest BCUT2D eigenvalue weighted by Gasteiger charge is 2.45. The number of piperidine rings is 1. The summed E-state index contributed by atoms with van der Waals surface area (Å²) in [4.78, 5) is 27.1. The number of rotatable bonds is 7. The maximum absolute atomic E-state index is 13.3. The molecule has 1 unspecified atom stereocenters. The van der Waals surface area contributed by atoms with Gasteiger partial charge in [-0.25, -0.2) is 4.79 Å². The summed E-state index contributed by atoms with van der Waals surface area (Å²) in [6, 6.07) is 13.1. The number of ether oxygens (including phenoxy) is 5. The minimum absolute atomic E-state index is 0.00257. The maximum Gasteiger partial charge on any atom is 0.334 e. The zero-order valence-corrected chi connectivity index (χ0v) is 21.6. The zero-order valence-electron chi connectivity index (χ0n) is 21.6. The second-order valence-electron chi connectivity index (χ2n) is 9.64. The molecule has 1 spiro atoms. The van der Waals surface area contributed by atoms with Crippen molar-refractivity contribution in [1.82, 2.24) is 4.90 Å². The molecule has 1 saturated heterocycles. The molecule has 8 nitrogen and oxygen atoms in total. The molecule has 8 heteroatoms. The fourth-order valence-electron chi connectivity index (χ4n) is 4.91. The van der Waals surface area contributed by atoms with Crippen LogP contribution in [0.2, 0.25) is 0 Å². The average Bonchev–Trinajstić information content (AvgIpc) is 2.88. The molecule has 0 saturated carbocycles. The Morgan fingerprint density at radius 2 is 1.75 bits per heavy atom. The van der Waals surface area contributed by atoms with Crippen LogP contribution >= 0.6 is 0 Å². The molecule has 4 rings (SSSR count). The van der Waals surface area contributed by atoms with Gasteiger partial charge in [-0.05, 0) is 45.0 Å². The van der Waals surface area contributed by atoms with Gasteiger partial charge in [0.1, 0.15) is 11.4 Å². The van der Waals surface area contributed by atoms with Crippen molar-refractivity contribution in [3.8, 4) is 17.2 Å². The minimum Gasteiger partial charge on any atom is -0.493 e. The lowest BCUT2D eigenvalue weighted by Crippen LogP contribution is -2.52. The molecule has 0 aliphatic carbocycles. The van der Waals surface area contributed by atoms with E-state index in [1.54, 1.807) is 32.2 Å². The molecule has 2 aliphatic heterocycles. The minimum atomic E-state index is -0.692. The highest BCUT2D eigenvalue weighted by molar-refractivity contribution is 5.95. The van der Waals surface area contributed by atoms with Gasteiger partial charge in [0, 0.05) is 43.5 Å². The van der Waals surface area contributed by atoms with Crippen LogP contribution in [0.15, 0.2) is 42.5 Å². The molecule has 0 aromatic heterocycles. The van der Waals surface area contributed by atoms with Gasteiger partial charge in [-0.3, -0.25) is 4.79 Å². The topological polar surface area (TPSA) is 83.5 Å². The maximum atomic E-state index is 13.3. The van der Waals surface area contributed by atoms with E-state index >= 15 is 0 Å². The Bertz CT molecular complexity index is 1090. The molecule has 2 aromatic carbocycles. The van der Waals surface area contributed by atoms with Gasteiger partial charge in [0.2, 0.25) is 0 Å². The van der Waals surface area contributed by atoms with Gasteiger partial charge in [0.15, 0.2) is 17.6 Å². The van der Waals surface area contributed by atoms with Crippen molar-refractivity contribution in [1.29, 1.82) is 0 Å². The van der Waals surface area contributed by atoms with Crippen LogP contribution in [0.5, 0.6) is 17.2 Å². The molecular weight excluding hydrogens is 462 g/mol. The third-order valence-electron chi connectivity index (χ3n) is 6.79. The summed E-state index contributed by atoms with van der Waals surface area (Å²) >= 11 is 0. The number of amides is 1. The highest BCUT2D eigenvalue weighted by atomic mass is 16.6. The monoisotopic (exact) mass is 497 g/mol. The van der Waals surface area contributed by atoms with E-state index in [2.05, 4.69) is 0 Å². The second kappa shape index (κ2) is 10.8. The lowest BCUT2D eigenvalue weighted by molar-refractivity contribution is -0.161. The van der Waals surface area contributed by atoms with E-state index in [1.807, 2.05) is 43.0 Å². The summed E-state index contributed by atoms with van der Waals surface area (Å²) in [5.74, 6) is 1.45. The molecule has 36 heavy (non-hydrogen) atoms. The van der Waals surface area contributed by atoms with Crippen LogP contribution in [-0.4, -0.2) is 61.9 Å². The van der Waals surface area contributed by atoms with Crippen molar-refractivity contribution in [2.45, 2.75) is 63.9 Å². The van der Waals surface area contributed by atoms with Crippen LogP contribution in [0.3, 0.4) is 0 Å². The molecule has 2 atom stereocenters. The van der Waals surface area contributed by atoms with Crippen LogP contribution in [-0.2, 0) is 14.3 Å². The number of benzene rings is 2. The molecular formula is C28H35NO7. The van der Waals surface area contributed by atoms with Crippen LogP contribution in [0.1, 0.15) is 62.1 Å². The quantitative estimate of drug-likeness (QED) is 0.519. The number of para-hydroxylation sites is 1. The van der Waals surface area contributed by atoms with Crippen molar-refractivity contribution in [2.24, 2.45) is 0 Å². The predicted molar refractivity (Wildman–Crippen MR) is 134 cm³/mol. The van der Waals surface area contributed by atoms with Gasteiger partial charge >= 0.3 is 5.97 Å². The molecule has 1 amide bonds.